The van der Waals surface area contributed by atoms with Crippen LogP contribution in [-0.2, 0) is 9.59 Å². The molecule has 4 heterocycles. The van der Waals surface area contributed by atoms with Gasteiger partial charge in [-0.05, 0) is 12.1 Å². The molecule has 0 bridgehead atoms. The van der Waals surface area contributed by atoms with Crippen LogP contribution in [0.15, 0.2) is 22.6 Å². The third-order valence-electron chi connectivity index (χ3n) is 3.82. The van der Waals surface area contributed by atoms with Crippen LogP contribution in [0.25, 0.3) is 11.1 Å². The molecular formula is C14H12N4O5. The number of aliphatic hydroxyl groups excluding tert-OH is 1. The molecule has 0 radical (unpaired) electrons. The zero-order valence-corrected chi connectivity index (χ0v) is 11.8. The Bertz CT molecular complexity index is 845. The molecule has 3 N–H and O–H groups in total. The van der Waals surface area contributed by atoms with Crippen LogP contribution in [0.4, 0.5) is 10.6 Å². The first kappa shape index (κ1) is 13.7. The Morgan fingerprint density at radius 2 is 2.13 bits per heavy atom. The highest BCUT2D eigenvalue weighted by Crippen LogP contribution is 2.28. The smallest absolute Gasteiger partial charge is 0.322 e. The summed E-state index contributed by atoms with van der Waals surface area (Å²) in [6, 6.07) is 3.32. The van der Waals surface area contributed by atoms with Crippen molar-refractivity contribution in [1.82, 2.24) is 15.6 Å². The van der Waals surface area contributed by atoms with Gasteiger partial charge in [0.2, 0.25) is 5.91 Å². The maximum atomic E-state index is 11.8. The van der Waals surface area contributed by atoms with E-state index < -0.39 is 24.1 Å². The highest BCUT2D eigenvalue weighted by Gasteiger charge is 2.34. The summed E-state index contributed by atoms with van der Waals surface area (Å²) in [5, 5.41) is 14.1. The van der Waals surface area contributed by atoms with Crippen molar-refractivity contribution in [2.24, 2.45) is 0 Å². The van der Waals surface area contributed by atoms with E-state index in [4.69, 9.17) is 4.42 Å². The lowest BCUT2D eigenvalue weighted by atomic mass is 10.2. The van der Waals surface area contributed by atoms with E-state index in [9.17, 15) is 19.5 Å². The first-order valence-corrected chi connectivity index (χ1v) is 7.01. The van der Waals surface area contributed by atoms with Crippen molar-refractivity contribution in [2.75, 3.05) is 11.4 Å². The SMILES string of the molecule is O=C1NC(=O)C(c2cc3nc(N4CC(O)CC4=O)ccc3o2)N1. The van der Waals surface area contributed by atoms with Crippen LogP contribution in [0.3, 0.4) is 0 Å². The Balaban J connectivity index is 1.69. The monoisotopic (exact) mass is 316 g/mol. The fourth-order valence-corrected chi connectivity index (χ4v) is 2.75. The second kappa shape index (κ2) is 4.78. The van der Waals surface area contributed by atoms with E-state index in [1.165, 1.54) is 4.90 Å². The van der Waals surface area contributed by atoms with Crippen molar-refractivity contribution in [2.45, 2.75) is 18.6 Å². The highest BCUT2D eigenvalue weighted by atomic mass is 16.3. The number of furan rings is 1. The molecule has 9 nitrogen and oxygen atoms in total. The lowest BCUT2D eigenvalue weighted by Gasteiger charge is -2.13. The molecule has 2 aliphatic rings. The molecule has 0 aliphatic carbocycles. The third-order valence-corrected chi connectivity index (χ3v) is 3.82. The van der Waals surface area contributed by atoms with Gasteiger partial charge >= 0.3 is 6.03 Å². The van der Waals surface area contributed by atoms with E-state index in [1.807, 2.05) is 0 Å². The minimum absolute atomic E-state index is 0.0740. The first-order valence-electron chi connectivity index (χ1n) is 7.01. The van der Waals surface area contributed by atoms with Gasteiger partial charge in [-0.3, -0.25) is 19.8 Å². The zero-order valence-electron chi connectivity index (χ0n) is 11.8. The van der Waals surface area contributed by atoms with Gasteiger partial charge in [0, 0.05) is 6.07 Å². The fourth-order valence-electron chi connectivity index (χ4n) is 2.75. The van der Waals surface area contributed by atoms with Gasteiger partial charge in [0.05, 0.1) is 19.1 Å². The maximum Gasteiger partial charge on any atom is 0.322 e. The summed E-state index contributed by atoms with van der Waals surface area (Å²) in [4.78, 5) is 40.4. The van der Waals surface area contributed by atoms with Crippen LogP contribution in [0.1, 0.15) is 18.2 Å². The number of aromatic nitrogens is 1. The Hall–Kier alpha value is -2.94. The first-order chi connectivity index (χ1) is 11.0. The maximum absolute atomic E-state index is 11.8. The van der Waals surface area contributed by atoms with Crippen LogP contribution in [-0.4, -0.2) is 40.6 Å². The molecule has 0 saturated carbocycles. The number of amides is 4. The number of nitrogens with one attached hydrogen (secondary N) is 2. The molecule has 2 saturated heterocycles. The van der Waals surface area contributed by atoms with Crippen LogP contribution in [0.2, 0.25) is 0 Å². The molecule has 2 unspecified atom stereocenters. The van der Waals surface area contributed by atoms with Crippen molar-refractivity contribution in [3.05, 3.63) is 24.0 Å². The fraction of sp³-hybridized carbons (Fsp3) is 0.286. The predicted molar refractivity (Wildman–Crippen MR) is 76.4 cm³/mol. The van der Waals surface area contributed by atoms with Gasteiger partial charge in [-0.15, -0.1) is 0 Å². The molecule has 118 valence electrons. The summed E-state index contributed by atoms with van der Waals surface area (Å²) >= 11 is 0. The van der Waals surface area contributed by atoms with Gasteiger partial charge in [0.25, 0.3) is 5.91 Å². The number of β-amino-alcohol motifs (C(OH)–C–C–N with tert-alkyl or cyclic N) is 1. The van der Waals surface area contributed by atoms with Crippen molar-refractivity contribution < 1.29 is 23.9 Å². The molecule has 4 rings (SSSR count). The van der Waals surface area contributed by atoms with Gasteiger partial charge < -0.3 is 14.8 Å². The van der Waals surface area contributed by atoms with Crippen molar-refractivity contribution >= 4 is 34.8 Å². The van der Waals surface area contributed by atoms with E-state index in [0.717, 1.165) is 0 Å². The Morgan fingerprint density at radius 3 is 2.78 bits per heavy atom. The summed E-state index contributed by atoms with van der Waals surface area (Å²) in [7, 11) is 0. The lowest BCUT2D eigenvalue weighted by Crippen LogP contribution is -2.26. The number of urea groups is 1. The molecule has 23 heavy (non-hydrogen) atoms. The Kier molecular flexibility index (Phi) is 2.85. The van der Waals surface area contributed by atoms with E-state index in [1.54, 1.807) is 18.2 Å². The standard InChI is InChI=1S/C14H12N4O5/c19-6-3-11(20)18(5-6)10-2-1-8-7(15-10)4-9(23-8)12-13(21)17-14(22)16-12/h1-2,4,6,12,19H,3,5H2,(H2,16,17,21,22). The highest BCUT2D eigenvalue weighted by molar-refractivity contribution is 6.04. The van der Waals surface area contributed by atoms with E-state index in [-0.39, 0.29) is 24.6 Å². The van der Waals surface area contributed by atoms with E-state index in [2.05, 4.69) is 15.6 Å². The number of carbonyl (C=O) groups is 3. The van der Waals surface area contributed by atoms with Gasteiger partial charge in [0.1, 0.15) is 17.1 Å². The number of pyridine rings is 1. The van der Waals surface area contributed by atoms with Crippen LogP contribution in [0, 0.1) is 0 Å². The minimum atomic E-state index is -0.893. The molecule has 0 spiro atoms. The topological polar surface area (TPSA) is 125 Å². The van der Waals surface area contributed by atoms with Crippen LogP contribution < -0.4 is 15.5 Å². The molecule has 2 atom stereocenters. The number of nitrogens with zero attached hydrogens (tertiary/aromatic N) is 2. The molecule has 9 heteroatoms. The van der Waals surface area contributed by atoms with Crippen molar-refractivity contribution in [1.29, 1.82) is 0 Å². The second-order valence-corrected chi connectivity index (χ2v) is 5.46. The zero-order chi connectivity index (χ0) is 16.1. The number of carbonyl (C=O) groups excluding carboxylic acids is 3. The molecule has 2 aromatic heterocycles. The largest absolute Gasteiger partial charge is 0.457 e. The molecular weight excluding hydrogens is 304 g/mol. The number of fused-ring (bicyclic) bond motifs is 1. The number of aliphatic hydroxyl groups is 1. The molecule has 0 aromatic carbocycles. The van der Waals surface area contributed by atoms with Gasteiger partial charge in [-0.2, -0.15) is 0 Å². The summed E-state index contributed by atoms with van der Waals surface area (Å²) in [6.07, 6.45) is -0.623. The minimum Gasteiger partial charge on any atom is -0.457 e. The second-order valence-electron chi connectivity index (χ2n) is 5.46. The molecule has 2 aliphatic heterocycles. The number of hydrogen-bond acceptors (Lipinski definition) is 6. The molecule has 4 amide bonds. The van der Waals surface area contributed by atoms with Crippen molar-refractivity contribution in [3.8, 4) is 0 Å². The van der Waals surface area contributed by atoms with Gasteiger partial charge in [-0.1, -0.05) is 0 Å². The quantitative estimate of drug-likeness (QED) is 0.659. The van der Waals surface area contributed by atoms with E-state index in [0.29, 0.717) is 16.9 Å². The van der Waals surface area contributed by atoms with Crippen LogP contribution in [0.5, 0.6) is 0 Å². The third kappa shape index (κ3) is 2.21. The average molecular weight is 316 g/mol. The predicted octanol–water partition coefficient (Wildman–Crippen LogP) is -0.194. The van der Waals surface area contributed by atoms with E-state index >= 15 is 0 Å². The number of anilines is 1. The Labute approximate surface area is 129 Å². The summed E-state index contributed by atoms with van der Waals surface area (Å²) in [5.74, 6) is -0.0188. The molecule has 2 fully saturated rings. The number of hydrogen-bond donors (Lipinski definition) is 3. The molecule has 2 aromatic rings. The average Bonchev–Trinajstić information content (AvgIpc) is 3.15. The van der Waals surface area contributed by atoms with Gasteiger partial charge in [-0.25, -0.2) is 9.78 Å². The number of rotatable bonds is 2. The summed E-state index contributed by atoms with van der Waals surface area (Å²) in [5.41, 5.74) is 0.894. The lowest BCUT2D eigenvalue weighted by molar-refractivity contribution is -0.120. The summed E-state index contributed by atoms with van der Waals surface area (Å²) < 4.78 is 5.55. The normalized spacial score (nSPS) is 24.4. The van der Waals surface area contributed by atoms with Crippen molar-refractivity contribution in [3.63, 3.8) is 0 Å². The van der Waals surface area contributed by atoms with Crippen LogP contribution >= 0.6 is 0 Å². The number of imide groups is 1. The summed E-state index contributed by atoms with van der Waals surface area (Å²) in [6.45, 7) is 0.198. The Morgan fingerprint density at radius 1 is 1.30 bits per heavy atom. The van der Waals surface area contributed by atoms with Gasteiger partial charge in [0.15, 0.2) is 11.6 Å².